The molecule has 1 atom stereocenters. The number of ether oxygens (including phenoxy) is 5. The van der Waals surface area contributed by atoms with Crippen LogP contribution in [0.15, 0.2) is 91.0 Å². The van der Waals surface area contributed by atoms with E-state index in [1.54, 1.807) is 19.1 Å². The third-order valence-electron chi connectivity index (χ3n) is 6.78. The third kappa shape index (κ3) is 12.6. The number of rotatable bonds is 17. The lowest BCUT2D eigenvalue weighted by Gasteiger charge is -2.17. The summed E-state index contributed by atoms with van der Waals surface area (Å²) in [5.41, 5.74) is 0.920. The molecule has 0 aromatic heterocycles. The van der Waals surface area contributed by atoms with Crippen LogP contribution in [0.2, 0.25) is 0 Å². The highest BCUT2D eigenvalue weighted by atomic mass is 17.0. The molecule has 21 heteroatoms. The number of benzene rings is 4. The molecule has 4 aromatic carbocycles. The van der Waals surface area contributed by atoms with Gasteiger partial charge in [-0.2, -0.15) is 0 Å². The van der Waals surface area contributed by atoms with Crippen LogP contribution < -0.4 is 29.0 Å². The van der Waals surface area contributed by atoms with Gasteiger partial charge in [0.2, 0.25) is 0 Å². The Balaban J connectivity index is 1.51. The van der Waals surface area contributed by atoms with Gasteiger partial charge in [0, 0.05) is 22.7 Å². The van der Waals surface area contributed by atoms with E-state index in [4.69, 9.17) is 23.7 Å². The molecule has 4 aromatic rings. The maximum atomic E-state index is 13.0. The van der Waals surface area contributed by atoms with Crippen molar-refractivity contribution in [3.05, 3.63) is 144 Å². The molecule has 282 valence electrons. The van der Waals surface area contributed by atoms with Crippen LogP contribution in [0.3, 0.4) is 0 Å². The van der Waals surface area contributed by atoms with Gasteiger partial charge in [-0.3, -0.25) is 0 Å². The average Bonchev–Trinajstić information content (AvgIpc) is 3.11. The van der Waals surface area contributed by atoms with Crippen molar-refractivity contribution in [1.82, 2.24) is 5.32 Å². The quantitative estimate of drug-likeness (QED) is 0.0587. The summed E-state index contributed by atoms with van der Waals surface area (Å²) in [6, 6.07) is 20.9. The summed E-state index contributed by atoms with van der Waals surface area (Å²) in [7, 11) is 0. The van der Waals surface area contributed by atoms with Gasteiger partial charge in [0.25, 0.3) is 15.3 Å². The van der Waals surface area contributed by atoms with Crippen LogP contribution in [0.1, 0.15) is 29.2 Å². The number of carbonyl (C=O) groups is 3. The maximum absolute atomic E-state index is 13.0. The van der Waals surface area contributed by atoms with E-state index in [0.29, 0.717) is 5.56 Å². The van der Waals surface area contributed by atoms with Crippen LogP contribution in [0.4, 0.5) is 14.4 Å². The van der Waals surface area contributed by atoms with Gasteiger partial charge in [0.15, 0.2) is 11.5 Å². The molecule has 0 saturated heterocycles. The number of hydrogen-bond acceptors (Lipinski definition) is 17. The first-order valence-electron chi connectivity index (χ1n) is 15.3. The van der Waals surface area contributed by atoms with Crippen molar-refractivity contribution in [3.8, 4) is 28.7 Å². The first kappa shape index (κ1) is 39.1. The van der Waals surface area contributed by atoms with E-state index in [2.05, 4.69) is 19.8 Å². The minimum atomic E-state index is -1.35. The van der Waals surface area contributed by atoms with E-state index in [0.717, 1.165) is 0 Å². The lowest BCUT2D eigenvalue weighted by molar-refractivity contribution is -0.763. The maximum Gasteiger partial charge on any atom is 0.519 e. The van der Waals surface area contributed by atoms with Gasteiger partial charge in [0.1, 0.15) is 37.1 Å². The second-order valence-electron chi connectivity index (χ2n) is 10.6. The zero-order valence-electron chi connectivity index (χ0n) is 27.8. The summed E-state index contributed by atoms with van der Waals surface area (Å²) in [6.07, 6.45) is -3.50. The molecule has 0 aliphatic heterocycles. The van der Waals surface area contributed by atoms with E-state index >= 15 is 0 Å². The molecule has 0 bridgehead atoms. The lowest BCUT2D eigenvalue weighted by atomic mass is 10.1. The van der Waals surface area contributed by atoms with Gasteiger partial charge in [-0.05, 0) is 49.2 Å². The van der Waals surface area contributed by atoms with E-state index in [9.17, 15) is 44.7 Å². The number of para-hydroxylation sites is 3. The Morgan fingerprint density at radius 2 is 0.944 bits per heavy atom. The number of nitrogens with one attached hydrogen (secondary N) is 1. The molecule has 1 N–H and O–H groups in total. The van der Waals surface area contributed by atoms with Gasteiger partial charge in [-0.25, -0.2) is 14.4 Å². The van der Waals surface area contributed by atoms with Gasteiger partial charge in [0.05, 0.1) is 0 Å². The second-order valence-corrected chi connectivity index (χ2v) is 10.6. The molecule has 0 heterocycles. The fourth-order valence-corrected chi connectivity index (χ4v) is 4.51. The van der Waals surface area contributed by atoms with Gasteiger partial charge >= 0.3 is 18.4 Å². The Hall–Kier alpha value is -7.71. The van der Waals surface area contributed by atoms with Crippen molar-refractivity contribution in [2.24, 2.45) is 0 Å². The van der Waals surface area contributed by atoms with E-state index in [1.807, 2.05) is 0 Å². The molecule has 1 amide bonds. The Morgan fingerprint density at radius 1 is 0.556 bits per heavy atom. The summed E-state index contributed by atoms with van der Waals surface area (Å²) < 4.78 is 26.4. The Labute approximate surface area is 303 Å². The summed E-state index contributed by atoms with van der Waals surface area (Å²) in [5, 5.41) is 31.5. The fourth-order valence-electron chi connectivity index (χ4n) is 4.51. The van der Waals surface area contributed by atoms with Crippen molar-refractivity contribution in [1.29, 1.82) is 0 Å². The van der Waals surface area contributed by atoms with Crippen molar-refractivity contribution in [3.63, 3.8) is 0 Å². The van der Waals surface area contributed by atoms with Crippen LogP contribution in [0.5, 0.6) is 28.7 Å². The third-order valence-corrected chi connectivity index (χ3v) is 6.78. The molecule has 0 radical (unpaired) electrons. The van der Waals surface area contributed by atoms with E-state index < -0.39 is 59.5 Å². The molecule has 4 rings (SSSR count). The highest BCUT2D eigenvalue weighted by Gasteiger charge is 2.21. The van der Waals surface area contributed by atoms with Crippen molar-refractivity contribution in [2.75, 3.05) is 0 Å². The number of amides is 1. The molecule has 0 aliphatic rings. The van der Waals surface area contributed by atoms with E-state index in [1.165, 1.54) is 78.9 Å². The zero-order valence-corrected chi connectivity index (χ0v) is 27.8. The molecule has 0 spiro atoms. The molecular formula is C33H28N4O17. The average molecular weight is 753 g/mol. The summed E-state index contributed by atoms with van der Waals surface area (Å²) in [6.45, 7) is 0.0667. The first-order valence-corrected chi connectivity index (χ1v) is 15.3. The Morgan fingerprint density at radius 3 is 1.39 bits per heavy atom. The molecule has 0 fully saturated rings. The van der Waals surface area contributed by atoms with E-state index in [-0.39, 0.29) is 51.9 Å². The first-order chi connectivity index (χ1) is 25.9. The fraction of sp³-hybridized carbons (Fsp3) is 0.182. The van der Waals surface area contributed by atoms with Gasteiger partial charge in [-0.1, -0.05) is 60.7 Å². The molecule has 1 unspecified atom stereocenters. The van der Waals surface area contributed by atoms with Crippen molar-refractivity contribution >= 4 is 18.4 Å². The molecule has 21 nitrogen and oxygen atoms in total. The molecule has 0 saturated carbocycles. The minimum absolute atomic E-state index is 0.0195. The molecule has 54 heavy (non-hydrogen) atoms. The van der Waals surface area contributed by atoms with Crippen LogP contribution in [-0.4, -0.2) is 39.7 Å². The summed E-state index contributed by atoms with van der Waals surface area (Å²) in [5.74, 6) is -0.966. The number of nitrogens with zero attached hydrogens (tertiary/aromatic N) is 3. The van der Waals surface area contributed by atoms with Crippen LogP contribution in [-0.2, 0) is 40.8 Å². The van der Waals surface area contributed by atoms with Gasteiger partial charge < -0.3 is 43.5 Å². The Kier molecular flexibility index (Phi) is 13.8. The topological polar surface area (TPSA) is 266 Å². The summed E-state index contributed by atoms with van der Waals surface area (Å²) >= 11 is 0. The highest BCUT2D eigenvalue weighted by Crippen LogP contribution is 2.31. The monoisotopic (exact) mass is 752 g/mol. The molecular weight excluding hydrogens is 724 g/mol. The Bertz CT molecular complexity index is 2010. The number of carbonyl (C=O) groups excluding carboxylic acids is 3. The lowest BCUT2D eigenvalue weighted by Crippen LogP contribution is -2.36. The second kappa shape index (κ2) is 19.1. The predicted molar refractivity (Wildman–Crippen MR) is 177 cm³/mol. The summed E-state index contributed by atoms with van der Waals surface area (Å²) in [4.78, 5) is 83.5. The largest absolute Gasteiger partial charge is 0.519 e. The predicted octanol–water partition coefficient (Wildman–Crippen LogP) is 5.69. The normalized spacial score (nSPS) is 10.8. The van der Waals surface area contributed by atoms with Crippen LogP contribution in [0.25, 0.3) is 0 Å². The molecule has 0 aliphatic carbocycles. The zero-order chi connectivity index (χ0) is 39.0. The van der Waals surface area contributed by atoms with Crippen molar-refractivity contribution < 1.29 is 67.8 Å². The van der Waals surface area contributed by atoms with Crippen molar-refractivity contribution in [2.45, 2.75) is 39.2 Å². The van der Waals surface area contributed by atoms with Gasteiger partial charge in [-0.15, -0.1) is 30.3 Å². The van der Waals surface area contributed by atoms with Crippen LogP contribution in [0, 0.1) is 30.3 Å². The highest BCUT2D eigenvalue weighted by molar-refractivity contribution is 5.73. The van der Waals surface area contributed by atoms with Crippen LogP contribution >= 0.6 is 0 Å². The smallest absolute Gasteiger partial charge is 0.410 e. The SMILES string of the molecule is CC(Cc1ccc(OC(=O)Oc2ccccc2CO[N+](=O)[O-])c(OC(=O)Oc2ccccc2CO[N+](=O)[O-])c1)NC(=O)Oc1ccccc1CO[N+](=O)[O-]. The number of hydrogen-bond donors (Lipinski definition) is 1. The minimum Gasteiger partial charge on any atom is -0.410 e. The standard InChI is InChI=1S/C33H28N4O17/c1-21(34-31(38)50-26-11-5-2-8-23(26)18-47-35(41)42)16-22-14-15-29(53-32(39)51-27-12-6-3-9-24(27)19-48-36(43)44)30(17-22)54-33(40)52-28-13-7-4-10-25(28)20-49-37(45)46/h2-15,17,21H,16,18-20H2,1H3,(H,34,38).